The van der Waals surface area contributed by atoms with Crippen LogP contribution in [0.25, 0.3) is 0 Å². The number of hydrogen-bond acceptors (Lipinski definition) is 9. The Hall–Kier alpha value is -4.01. The van der Waals surface area contributed by atoms with Crippen molar-refractivity contribution >= 4 is 12.7 Å². The number of benzene rings is 2. The molecule has 4 heterocycles. The SMILES string of the molecule is C.C=O.COc1cc(C2(C)CN(C)CC(C)=C2C)cc(OC)c1CN1CCN(Cc2cccc3c2CCN(C(=O)/C(C#N)=C/C2(C)CCOCC2)C3C(C)C)C2(CC2)C1. The molecule has 59 heavy (non-hydrogen) atoms. The first-order chi connectivity index (χ1) is 27.7. The van der Waals surface area contributed by atoms with Gasteiger partial charge in [0.15, 0.2) is 0 Å². The molecule has 2 unspecified atom stereocenters. The summed E-state index contributed by atoms with van der Waals surface area (Å²) in [6.07, 6.45) is 6.79. The number of likely N-dealkylation sites (N-methyl/N-ethyl adjacent to an activating group) is 1. The van der Waals surface area contributed by atoms with E-state index in [1.54, 1.807) is 14.2 Å². The minimum absolute atomic E-state index is 0. The minimum atomic E-state index is -0.195. The molecule has 1 saturated carbocycles. The summed E-state index contributed by atoms with van der Waals surface area (Å²) in [7, 11) is 5.78. The fourth-order valence-corrected chi connectivity index (χ4v) is 10.5. The van der Waals surface area contributed by atoms with Crippen LogP contribution >= 0.6 is 0 Å². The lowest BCUT2D eigenvalue weighted by atomic mass is 9.72. The van der Waals surface area contributed by atoms with Gasteiger partial charge < -0.3 is 28.8 Å². The summed E-state index contributed by atoms with van der Waals surface area (Å²) in [4.78, 5) is 31.9. The number of rotatable bonds is 10. The van der Waals surface area contributed by atoms with E-state index in [0.29, 0.717) is 19.8 Å². The van der Waals surface area contributed by atoms with Crippen molar-refractivity contribution in [2.75, 3.05) is 73.7 Å². The average Bonchev–Trinajstić information content (AvgIpc) is 3.99. The van der Waals surface area contributed by atoms with E-state index in [1.165, 1.54) is 46.2 Å². The summed E-state index contributed by atoms with van der Waals surface area (Å²) < 4.78 is 17.8. The minimum Gasteiger partial charge on any atom is -0.496 e. The lowest BCUT2D eigenvalue weighted by molar-refractivity contribution is -0.130. The largest absolute Gasteiger partial charge is 0.496 e. The highest BCUT2D eigenvalue weighted by Crippen LogP contribution is 2.48. The number of carbonyl (C=O) groups excluding carboxylic acids is 2. The van der Waals surface area contributed by atoms with Crippen LogP contribution in [0.15, 0.2) is 53.1 Å². The maximum atomic E-state index is 14.1. The Bertz CT molecular complexity index is 1910. The molecule has 0 N–H and O–H groups in total. The number of hydrogen-bond donors (Lipinski definition) is 0. The highest BCUT2D eigenvalue weighted by Gasteiger charge is 2.51. The number of fused-ring (bicyclic) bond motifs is 1. The monoisotopic (exact) mass is 810 g/mol. The third-order valence-electron chi connectivity index (χ3n) is 14.2. The molecule has 10 nitrogen and oxygen atoms in total. The molecular formula is C49H71N5O5. The van der Waals surface area contributed by atoms with E-state index in [2.05, 4.69) is 99.7 Å². The van der Waals surface area contributed by atoms with Crippen LogP contribution in [0, 0.1) is 22.7 Å². The second-order valence-corrected chi connectivity index (χ2v) is 18.5. The molecule has 2 aromatic rings. The molecule has 4 aliphatic heterocycles. The first-order valence-corrected chi connectivity index (χ1v) is 21.2. The Morgan fingerprint density at radius 1 is 1.00 bits per heavy atom. The molecule has 0 aromatic heterocycles. The zero-order chi connectivity index (χ0) is 42.0. The van der Waals surface area contributed by atoms with E-state index in [0.717, 1.165) is 82.1 Å². The van der Waals surface area contributed by atoms with Gasteiger partial charge in [0.2, 0.25) is 0 Å². The molecule has 3 fully saturated rings. The van der Waals surface area contributed by atoms with Crippen LogP contribution in [-0.4, -0.2) is 112 Å². The van der Waals surface area contributed by atoms with Crippen molar-refractivity contribution < 1.29 is 23.8 Å². The molecule has 2 aromatic carbocycles. The Balaban J connectivity index is 0.00000217. The first-order valence-electron chi connectivity index (χ1n) is 21.2. The van der Waals surface area contributed by atoms with Crippen molar-refractivity contribution in [2.45, 2.75) is 111 Å². The summed E-state index contributed by atoms with van der Waals surface area (Å²) in [5, 5.41) is 10.2. The smallest absolute Gasteiger partial charge is 0.264 e. The fourth-order valence-electron chi connectivity index (χ4n) is 10.5. The lowest BCUT2D eigenvalue weighted by Crippen LogP contribution is -2.54. The molecular weight excluding hydrogens is 739 g/mol. The second-order valence-electron chi connectivity index (χ2n) is 18.5. The highest BCUT2D eigenvalue weighted by atomic mass is 16.5. The molecule has 1 spiro atoms. The van der Waals surface area contributed by atoms with Gasteiger partial charge >= 0.3 is 0 Å². The molecule has 7 rings (SSSR count). The molecule has 10 heteroatoms. The third-order valence-corrected chi connectivity index (χ3v) is 14.2. The zero-order valence-electron chi connectivity index (χ0n) is 36.7. The molecule has 0 radical (unpaired) electrons. The molecule has 0 bridgehead atoms. The van der Waals surface area contributed by atoms with Gasteiger partial charge in [-0.25, -0.2) is 0 Å². The summed E-state index contributed by atoms with van der Waals surface area (Å²) in [5.41, 5.74) is 9.38. The van der Waals surface area contributed by atoms with Crippen LogP contribution in [0.5, 0.6) is 11.5 Å². The standard InChI is InChI=1S/C47H65N5O4.CH2O.CH4/c1-32(2)43-39-12-10-11-35(38(39)13-18-52(43)44(53)36(26-48)25-45(5)16-21-56-22-17-45)28-51-20-19-50(31-47(51)14-15-47)29-40-41(54-8)23-37(24-42(40)55-9)46(6)30-49(7)27-33(3)34(46)4;1-2;/h10-12,23-25,32,43H,13-22,27-31H2,1-9H3;1H2;1H4/b36-25+;;. The maximum Gasteiger partial charge on any atom is 0.264 e. The van der Waals surface area contributed by atoms with Crippen molar-refractivity contribution in [2.24, 2.45) is 11.3 Å². The van der Waals surface area contributed by atoms with Crippen LogP contribution in [0.2, 0.25) is 0 Å². The predicted octanol–water partition coefficient (Wildman–Crippen LogP) is 7.89. The van der Waals surface area contributed by atoms with Crippen molar-refractivity contribution in [3.05, 3.63) is 80.9 Å². The number of carbonyl (C=O) groups is 2. The highest BCUT2D eigenvalue weighted by molar-refractivity contribution is 5.97. The fraction of sp³-hybridized carbons (Fsp3) is 0.612. The number of methoxy groups -OCH3 is 2. The quantitative estimate of drug-likeness (QED) is 0.135. The lowest BCUT2D eigenvalue weighted by Gasteiger charge is -2.44. The van der Waals surface area contributed by atoms with Gasteiger partial charge in [-0.2, -0.15) is 5.26 Å². The Morgan fingerprint density at radius 3 is 2.25 bits per heavy atom. The number of piperazine rings is 1. The van der Waals surface area contributed by atoms with E-state index >= 15 is 0 Å². The van der Waals surface area contributed by atoms with Gasteiger partial charge in [-0.3, -0.25) is 14.6 Å². The molecule has 2 saturated heterocycles. The zero-order valence-corrected chi connectivity index (χ0v) is 36.7. The summed E-state index contributed by atoms with van der Waals surface area (Å²) in [6.45, 7) is 24.0. The van der Waals surface area contributed by atoms with E-state index in [4.69, 9.17) is 19.0 Å². The Kier molecular flexibility index (Phi) is 14.6. The van der Waals surface area contributed by atoms with Gasteiger partial charge in [0.05, 0.1) is 25.8 Å². The maximum absolute atomic E-state index is 14.1. The van der Waals surface area contributed by atoms with E-state index in [-0.39, 0.29) is 47.2 Å². The first kappa shape index (κ1) is 46.1. The third kappa shape index (κ3) is 9.19. The molecule has 2 atom stereocenters. The van der Waals surface area contributed by atoms with Gasteiger partial charge in [-0.05, 0) is 98.7 Å². The molecule has 322 valence electrons. The molecule has 5 aliphatic rings. The number of allylic oxidation sites excluding steroid dienone is 1. The van der Waals surface area contributed by atoms with Crippen molar-refractivity contribution in [3.63, 3.8) is 0 Å². The molecule has 1 aliphatic carbocycles. The van der Waals surface area contributed by atoms with Crippen molar-refractivity contribution in [1.82, 2.24) is 19.6 Å². The number of nitriles is 1. The Labute approximate surface area is 355 Å². The summed E-state index contributed by atoms with van der Waals surface area (Å²) in [6, 6.07) is 13.5. The van der Waals surface area contributed by atoms with Crippen molar-refractivity contribution in [3.8, 4) is 17.6 Å². The average molecular weight is 810 g/mol. The van der Waals surface area contributed by atoms with Crippen molar-refractivity contribution in [1.29, 1.82) is 5.26 Å². The van der Waals surface area contributed by atoms with Crippen LogP contribution in [0.4, 0.5) is 0 Å². The summed E-state index contributed by atoms with van der Waals surface area (Å²) in [5.74, 6) is 1.89. The number of nitrogens with zero attached hydrogens (tertiary/aromatic N) is 5. The van der Waals surface area contributed by atoms with Gasteiger partial charge in [0.25, 0.3) is 5.91 Å². The Morgan fingerprint density at radius 2 is 1.66 bits per heavy atom. The number of ether oxygens (including phenoxy) is 3. The van der Waals surface area contributed by atoms with E-state index < -0.39 is 0 Å². The van der Waals surface area contributed by atoms with Crippen LogP contribution in [0.3, 0.4) is 0 Å². The van der Waals surface area contributed by atoms with Crippen LogP contribution < -0.4 is 9.47 Å². The summed E-state index contributed by atoms with van der Waals surface area (Å²) >= 11 is 0. The van der Waals surface area contributed by atoms with E-state index in [9.17, 15) is 10.1 Å². The normalized spacial score (nSPS) is 24.4. The van der Waals surface area contributed by atoms with Crippen LogP contribution in [0.1, 0.15) is 109 Å². The predicted molar refractivity (Wildman–Crippen MR) is 236 cm³/mol. The van der Waals surface area contributed by atoms with E-state index in [1.807, 2.05) is 17.8 Å². The second kappa shape index (κ2) is 18.7. The van der Waals surface area contributed by atoms with Gasteiger partial charge in [-0.1, -0.05) is 70.5 Å². The van der Waals surface area contributed by atoms with Gasteiger partial charge in [-0.15, -0.1) is 0 Å². The molecule has 1 amide bonds. The van der Waals surface area contributed by atoms with Crippen LogP contribution in [-0.2, 0) is 39.3 Å². The van der Waals surface area contributed by atoms with Gasteiger partial charge in [0.1, 0.15) is 29.9 Å². The number of amides is 1. The topological polar surface area (TPSA) is 98.6 Å². The van der Waals surface area contributed by atoms with Gasteiger partial charge in [0, 0.05) is 76.5 Å².